The van der Waals surface area contributed by atoms with Crippen LogP contribution in [0, 0.1) is 5.41 Å². The zero-order valence-corrected chi connectivity index (χ0v) is 10.3. The molecule has 0 aliphatic rings. The van der Waals surface area contributed by atoms with Crippen LogP contribution in [0.2, 0.25) is 0 Å². The maximum Gasteiger partial charge on any atom is 0.0455 e. The van der Waals surface area contributed by atoms with Gasteiger partial charge in [0.05, 0.1) is 0 Å². The lowest BCUT2D eigenvalue weighted by Gasteiger charge is -2.38. The molecule has 0 radical (unpaired) electrons. The molecular formula is C8H22Cl2N2. The molecule has 0 saturated heterocycles. The average Bonchev–Trinajstić information content (AvgIpc) is 1.62. The number of hydrogen-bond donors (Lipinski definition) is 2. The summed E-state index contributed by atoms with van der Waals surface area (Å²) in [7, 11) is 0. The first-order valence-electron chi connectivity index (χ1n) is 3.52. The Balaban J connectivity index is -0.000000405. The Kier molecular flexibility index (Phi) is 8.06. The minimum absolute atomic E-state index is 0. The second-order valence-electron chi connectivity index (χ2n) is 3.81. The van der Waals surface area contributed by atoms with Gasteiger partial charge < -0.3 is 12.3 Å². The van der Waals surface area contributed by atoms with Crippen LogP contribution in [-0.2, 0) is 0 Å². The van der Waals surface area contributed by atoms with Gasteiger partial charge in [-0.3, -0.25) is 0 Å². The van der Waals surface area contributed by atoms with E-state index in [2.05, 4.69) is 13.8 Å². The van der Waals surface area contributed by atoms with Crippen LogP contribution in [0.25, 0.3) is 0 Å². The number of rotatable bonds is 2. The molecule has 0 aliphatic heterocycles. The molecular weight excluding hydrogens is 195 g/mol. The Bertz CT molecular complexity index is 117. The van der Waals surface area contributed by atoms with E-state index < -0.39 is 0 Å². The average molecular weight is 217 g/mol. The quantitative estimate of drug-likeness (QED) is 0.686. The van der Waals surface area contributed by atoms with Crippen molar-refractivity contribution in [2.24, 2.45) is 5.41 Å². The second kappa shape index (κ2) is 5.28. The molecule has 0 rings (SSSR count). The molecule has 1 atom stereocenters. The molecule has 4 heteroatoms. The maximum absolute atomic E-state index is 6.14. The highest BCUT2D eigenvalue weighted by molar-refractivity contribution is 6.26. The van der Waals surface area contributed by atoms with Crippen LogP contribution in [0.15, 0.2) is 0 Å². The van der Waals surface area contributed by atoms with Gasteiger partial charge in [0.2, 0.25) is 0 Å². The van der Waals surface area contributed by atoms with Crippen LogP contribution in [0.1, 0.15) is 34.6 Å². The third-order valence-corrected chi connectivity index (χ3v) is 3.56. The van der Waals surface area contributed by atoms with Gasteiger partial charge in [-0.15, -0.1) is 23.2 Å². The van der Waals surface area contributed by atoms with Gasteiger partial charge in [0.1, 0.15) is 0 Å². The molecule has 0 fully saturated rings. The van der Waals surface area contributed by atoms with Crippen LogP contribution >= 0.6 is 23.2 Å². The molecule has 0 saturated carbocycles. The van der Waals surface area contributed by atoms with Crippen molar-refractivity contribution in [2.75, 3.05) is 0 Å². The zero-order chi connectivity index (χ0) is 8.58. The molecule has 0 spiro atoms. The lowest BCUT2D eigenvalue weighted by Crippen LogP contribution is -2.39. The minimum atomic E-state index is -0.242. The van der Waals surface area contributed by atoms with Crippen molar-refractivity contribution in [3.63, 3.8) is 0 Å². The van der Waals surface area contributed by atoms with Crippen molar-refractivity contribution in [1.82, 2.24) is 12.3 Å². The summed E-state index contributed by atoms with van der Waals surface area (Å²) in [6, 6.07) is 0. The summed E-state index contributed by atoms with van der Waals surface area (Å²) in [5.41, 5.74) is -0.0316. The number of alkyl halides is 2. The third-order valence-electron chi connectivity index (χ3n) is 2.53. The summed E-state index contributed by atoms with van der Waals surface area (Å²) in [4.78, 5) is -0.242. The Labute approximate surface area is 86.2 Å². The molecule has 0 heterocycles. The SMILES string of the molecule is CC(Cl)C(C)(C)C(C)(C)Cl.N.N. The highest BCUT2D eigenvalue weighted by atomic mass is 35.5. The van der Waals surface area contributed by atoms with Crippen LogP contribution < -0.4 is 12.3 Å². The molecule has 0 amide bonds. The van der Waals surface area contributed by atoms with Crippen molar-refractivity contribution in [2.45, 2.75) is 44.9 Å². The second-order valence-corrected chi connectivity index (χ2v) is 5.41. The van der Waals surface area contributed by atoms with Crippen molar-refractivity contribution >= 4 is 23.2 Å². The van der Waals surface area contributed by atoms with E-state index in [4.69, 9.17) is 23.2 Å². The molecule has 6 N–H and O–H groups in total. The highest BCUT2D eigenvalue weighted by Gasteiger charge is 2.38. The first-order chi connectivity index (χ1) is 4.19. The van der Waals surface area contributed by atoms with E-state index in [0.717, 1.165) is 0 Å². The molecule has 78 valence electrons. The fraction of sp³-hybridized carbons (Fsp3) is 1.00. The van der Waals surface area contributed by atoms with E-state index in [-0.39, 0.29) is 28.0 Å². The summed E-state index contributed by atoms with van der Waals surface area (Å²) in [5, 5.41) is 0.0972. The molecule has 0 bridgehead atoms. The Hall–Kier alpha value is 0.500. The fourth-order valence-electron chi connectivity index (χ4n) is 0.473. The van der Waals surface area contributed by atoms with Gasteiger partial charge in [-0.2, -0.15) is 0 Å². The van der Waals surface area contributed by atoms with Gasteiger partial charge in [0.25, 0.3) is 0 Å². The molecule has 0 aromatic rings. The van der Waals surface area contributed by atoms with E-state index >= 15 is 0 Å². The lowest BCUT2D eigenvalue weighted by atomic mass is 9.78. The lowest BCUT2D eigenvalue weighted by molar-refractivity contribution is 0.272. The van der Waals surface area contributed by atoms with Crippen LogP contribution in [0.3, 0.4) is 0 Å². The molecule has 0 aliphatic carbocycles. The standard InChI is InChI=1S/C8H16Cl2.2H3N/c1-6(9)7(2,3)8(4,5)10;;/h6H,1-5H3;2*1H3. The Morgan fingerprint density at radius 2 is 1.25 bits per heavy atom. The van der Waals surface area contributed by atoms with Crippen LogP contribution in [0.4, 0.5) is 0 Å². The van der Waals surface area contributed by atoms with E-state index in [0.29, 0.717) is 0 Å². The van der Waals surface area contributed by atoms with Gasteiger partial charge in [-0.05, 0) is 26.2 Å². The summed E-state index contributed by atoms with van der Waals surface area (Å²) in [5.74, 6) is 0. The van der Waals surface area contributed by atoms with Gasteiger partial charge in [0.15, 0.2) is 0 Å². The van der Waals surface area contributed by atoms with E-state index in [1.54, 1.807) is 0 Å². The van der Waals surface area contributed by atoms with E-state index in [1.807, 2.05) is 20.8 Å². The number of hydrogen-bond acceptors (Lipinski definition) is 2. The van der Waals surface area contributed by atoms with Crippen molar-refractivity contribution in [1.29, 1.82) is 0 Å². The molecule has 2 nitrogen and oxygen atoms in total. The van der Waals surface area contributed by atoms with Gasteiger partial charge in [-0.1, -0.05) is 13.8 Å². The summed E-state index contributed by atoms with van der Waals surface area (Å²) in [6.07, 6.45) is 0. The van der Waals surface area contributed by atoms with Crippen molar-refractivity contribution in [3.05, 3.63) is 0 Å². The Morgan fingerprint density at radius 1 is 1.00 bits per heavy atom. The summed E-state index contributed by atoms with van der Waals surface area (Å²) >= 11 is 12.1. The predicted molar refractivity (Wildman–Crippen MR) is 59.1 cm³/mol. The predicted octanol–water partition coefficient (Wildman–Crippen LogP) is 3.98. The first kappa shape index (κ1) is 18.3. The van der Waals surface area contributed by atoms with Crippen molar-refractivity contribution in [3.8, 4) is 0 Å². The summed E-state index contributed by atoms with van der Waals surface area (Å²) in [6.45, 7) is 10.1. The van der Waals surface area contributed by atoms with Gasteiger partial charge in [0, 0.05) is 10.3 Å². The first-order valence-corrected chi connectivity index (χ1v) is 4.34. The fourth-order valence-corrected chi connectivity index (χ4v) is 0.965. The minimum Gasteiger partial charge on any atom is -0.344 e. The van der Waals surface area contributed by atoms with Crippen LogP contribution in [0.5, 0.6) is 0 Å². The Morgan fingerprint density at radius 3 is 1.25 bits per heavy atom. The third kappa shape index (κ3) is 3.94. The topological polar surface area (TPSA) is 70.0 Å². The smallest absolute Gasteiger partial charge is 0.0455 e. The number of halogens is 2. The molecule has 1 unspecified atom stereocenters. The maximum atomic E-state index is 6.14. The van der Waals surface area contributed by atoms with Gasteiger partial charge in [-0.25, -0.2) is 0 Å². The molecule has 0 aromatic heterocycles. The molecule has 12 heavy (non-hydrogen) atoms. The summed E-state index contributed by atoms with van der Waals surface area (Å²) < 4.78 is 0. The zero-order valence-electron chi connectivity index (χ0n) is 8.75. The highest BCUT2D eigenvalue weighted by Crippen LogP contribution is 2.41. The van der Waals surface area contributed by atoms with Crippen LogP contribution in [-0.4, -0.2) is 10.3 Å². The largest absolute Gasteiger partial charge is 0.344 e. The van der Waals surface area contributed by atoms with E-state index in [1.165, 1.54) is 0 Å². The van der Waals surface area contributed by atoms with Gasteiger partial charge >= 0.3 is 0 Å². The normalized spacial score (nSPS) is 14.2. The van der Waals surface area contributed by atoms with Crippen molar-refractivity contribution < 1.29 is 0 Å². The van der Waals surface area contributed by atoms with E-state index in [9.17, 15) is 0 Å². The monoisotopic (exact) mass is 216 g/mol. The molecule has 0 aromatic carbocycles.